The van der Waals surface area contributed by atoms with Crippen LogP contribution in [0.4, 0.5) is 0 Å². The first-order chi connectivity index (χ1) is 7.40. The lowest BCUT2D eigenvalue weighted by Gasteiger charge is -2.18. The minimum Gasteiger partial charge on any atom is -0.481 e. The highest BCUT2D eigenvalue weighted by atomic mass is 16.5. The zero-order valence-corrected chi connectivity index (χ0v) is 10.2. The molecule has 0 aliphatic rings. The van der Waals surface area contributed by atoms with Crippen LogP contribution in [0.2, 0.25) is 0 Å². The Kier molecular flexibility index (Phi) is 6.72. The third-order valence-corrected chi connectivity index (χ3v) is 2.33. The molecule has 16 heavy (non-hydrogen) atoms. The van der Waals surface area contributed by atoms with Crippen LogP contribution in [-0.2, 0) is 14.3 Å². The standard InChI is InChI=1S/C11H21NO4/c1-4-16-8-5-9(13)12-7-6-11(2,3)10(14)15/h4-8H2,1-3H3,(H,12,13)(H,14,15). The van der Waals surface area contributed by atoms with E-state index in [4.69, 9.17) is 9.84 Å². The van der Waals surface area contributed by atoms with Crippen LogP contribution < -0.4 is 5.32 Å². The molecule has 0 saturated heterocycles. The molecule has 94 valence electrons. The third kappa shape index (κ3) is 6.40. The summed E-state index contributed by atoms with van der Waals surface area (Å²) in [5.41, 5.74) is -0.798. The fraction of sp³-hybridized carbons (Fsp3) is 0.818. The molecule has 0 aliphatic carbocycles. The highest BCUT2D eigenvalue weighted by molar-refractivity contribution is 5.76. The molecule has 0 bridgehead atoms. The number of carboxylic acids is 1. The van der Waals surface area contributed by atoms with Crippen LogP contribution in [0.25, 0.3) is 0 Å². The zero-order valence-electron chi connectivity index (χ0n) is 10.2. The number of carbonyl (C=O) groups is 2. The lowest BCUT2D eigenvalue weighted by Crippen LogP contribution is -2.32. The molecule has 5 heteroatoms. The molecule has 0 fully saturated rings. The Morgan fingerprint density at radius 2 is 2.00 bits per heavy atom. The first-order valence-electron chi connectivity index (χ1n) is 5.48. The second kappa shape index (κ2) is 7.22. The van der Waals surface area contributed by atoms with Crippen LogP contribution in [0.3, 0.4) is 0 Å². The second-order valence-electron chi connectivity index (χ2n) is 4.24. The molecule has 0 rings (SSSR count). The fourth-order valence-electron chi connectivity index (χ4n) is 1.02. The van der Waals surface area contributed by atoms with Crippen molar-refractivity contribution in [1.82, 2.24) is 5.32 Å². The third-order valence-electron chi connectivity index (χ3n) is 2.33. The summed E-state index contributed by atoms with van der Waals surface area (Å²) < 4.78 is 5.03. The summed E-state index contributed by atoms with van der Waals surface area (Å²) in [5, 5.41) is 11.5. The van der Waals surface area contributed by atoms with Gasteiger partial charge in [0.25, 0.3) is 0 Å². The van der Waals surface area contributed by atoms with Gasteiger partial charge in [-0.2, -0.15) is 0 Å². The summed E-state index contributed by atoms with van der Waals surface area (Å²) in [6.07, 6.45) is 0.740. The second-order valence-corrected chi connectivity index (χ2v) is 4.24. The molecule has 0 heterocycles. The minimum absolute atomic E-state index is 0.102. The molecule has 0 spiro atoms. The van der Waals surface area contributed by atoms with Gasteiger partial charge in [-0.3, -0.25) is 9.59 Å². The van der Waals surface area contributed by atoms with Crippen LogP contribution in [0, 0.1) is 5.41 Å². The van der Waals surface area contributed by atoms with Crippen molar-refractivity contribution >= 4 is 11.9 Å². The van der Waals surface area contributed by atoms with Crippen LogP contribution in [0.15, 0.2) is 0 Å². The quantitative estimate of drug-likeness (QED) is 0.612. The molecule has 0 aromatic carbocycles. The fourth-order valence-corrected chi connectivity index (χ4v) is 1.02. The summed E-state index contributed by atoms with van der Waals surface area (Å²) in [4.78, 5) is 22.0. The van der Waals surface area contributed by atoms with E-state index in [1.807, 2.05) is 6.92 Å². The summed E-state index contributed by atoms with van der Waals surface area (Å²) in [6, 6.07) is 0. The summed E-state index contributed by atoms with van der Waals surface area (Å²) in [7, 11) is 0. The molecule has 0 aliphatic heterocycles. The molecule has 2 N–H and O–H groups in total. The average Bonchev–Trinajstić information content (AvgIpc) is 2.17. The number of carbonyl (C=O) groups excluding carboxylic acids is 1. The van der Waals surface area contributed by atoms with Gasteiger partial charge in [-0.1, -0.05) is 0 Å². The number of hydrogen-bond acceptors (Lipinski definition) is 3. The number of amides is 1. The highest BCUT2D eigenvalue weighted by Gasteiger charge is 2.26. The van der Waals surface area contributed by atoms with E-state index in [0.29, 0.717) is 32.6 Å². The van der Waals surface area contributed by atoms with E-state index >= 15 is 0 Å². The van der Waals surface area contributed by atoms with Crippen molar-refractivity contribution in [2.45, 2.75) is 33.6 Å². The number of carboxylic acid groups (broad SMARTS) is 1. The predicted octanol–water partition coefficient (Wildman–Crippen LogP) is 1.03. The van der Waals surface area contributed by atoms with Crippen molar-refractivity contribution in [3.63, 3.8) is 0 Å². The van der Waals surface area contributed by atoms with E-state index < -0.39 is 11.4 Å². The van der Waals surface area contributed by atoms with Gasteiger partial charge in [-0.05, 0) is 27.2 Å². The van der Waals surface area contributed by atoms with Gasteiger partial charge in [0.1, 0.15) is 0 Å². The van der Waals surface area contributed by atoms with Gasteiger partial charge < -0.3 is 15.2 Å². The molecule has 0 atom stereocenters. The number of ether oxygens (including phenoxy) is 1. The Morgan fingerprint density at radius 3 is 2.50 bits per heavy atom. The first kappa shape index (κ1) is 14.9. The van der Waals surface area contributed by atoms with Crippen molar-refractivity contribution in [1.29, 1.82) is 0 Å². The van der Waals surface area contributed by atoms with Crippen molar-refractivity contribution in [2.75, 3.05) is 19.8 Å². The molecule has 5 nitrogen and oxygen atoms in total. The van der Waals surface area contributed by atoms with Gasteiger partial charge in [0.05, 0.1) is 12.0 Å². The number of hydrogen-bond donors (Lipinski definition) is 2. The van der Waals surface area contributed by atoms with E-state index in [0.717, 1.165) is 0 Å². The van der Waals surface area contributed by atoms with Gasteiger partial charge >= 0.3 is 5.97 Å². The van der Waals surface area contributed by atoms with Gasteiger partial charge in [0.15, 0.2) is 0 Å². The molecule has 0 aromatic heterocycles. The first-order valence-corrected chi connectivity index (χ1v) is 5.48. The smallest absolute Gasteiger partial charge is 0.309 e. The topological polar surface area (TPSA) is 75.6 Å². The summed E-state index contributed by atoms with van der Waals surface area (Å²) >= 11 is 0. The number of rotatable bonds is 8. The highest BCUT2D eigenvalue weighted by Crippen LogP contribution is 2.19. The Labute approximate surface area is 96.2 Å². The Morgan fingerprint density at radius 1 is 1.38 bits per heavy atom. The van der Waals surface area contributed by atoms with E-state index in [-0.39, 0.29) is 5.91 Å². The Bertz CT molecular complexity index is 238. The number of nitrogens with one attached hydrogen (secondary N) is 1. The van der Waals surface area contributed by atoms with Gasteiger partial charge in [0.2, 0.25) is 5.91 Å². The average molecular weight is 231 g/mol. The van der Waals surface area contributed by atoms with Crippen molar-refractivity contribution in [2.24, 2.45) is 5.41 Å². The summed E-state index contributed by atoms with van der Waals surface area (Å²) in [6.45, 7) is 6.53. The van der Waals surface area contributed by atoms with Gasteiger partial charge in [-0.25, -0.2) is 0 Å². The molecular weight excluding hydrogens is 210 g/mol. The lowest BCUT2D eigenvalue weighted by atomic mass is 9.90. The minimum atomic E-state index is -0.851. The maximum Gasteiger partial charge on any atom is 0.309 e. The predicted molar refractivity (Wildman–Crippen MR) is 60.2 cm³/mol. The molecule has 0 radical (unpaired) electrons. The van der Waals surface area contributed by atoms with E-state index in [9.17, 15) is 9.59 Å². The maximum atomic E-state index is 11.2. The molecule has 0 unspecified atom stereocenters. The van der Waals surface area contributed by atoms with Crippen LogP contribution in [0.1, 0.15) is 33.6 Å². The van der Waals surface area contributed by atoms with Crippen molar-refractivity contribution in [3.8, 4) is 0 Å². The Hall–Kier alpha value is -1.10. The van der Waals surface area contributed by atoms with Crippen LogP contribution in [0.5, 0.6) is 0 Å². The number of aliphatic carboxylic acids is 1. The molecule has 1 amide bonds. The van der Waals surface area contributed by atoms with Gasteiger partial charge in [0, 0.05) is 19.6 Å². The largest absolute Gasteiger partial charge is 0.481 e. The van der Waals surface area contributed by atoms with Crippen molar-refractivity contribution < 1.29 is 19.4 Å². The van der Waals surface area contributed by atoms with E-state index in [1.54, 1.807) is 13.8 Å². The van der Waals surface area contributed by atoms with E-state index in [1.165, 1.54) is 0 Å². The normalized spacial score (nSPS) is 11.2. The SMILES string of the molecule is CCOCCC(=O)NCCC(C)(C)C(=O)O. The van der Waals surface area contributed by atoms with Crippen LogP contribution >= 0.6 is 0 Å². The maximum absolute atomic E-state index is 11.2. The zero-order chi connectivity index (χ0) is 12.6. The van der Waals surface area contributed by atoms with E-state index in [2.05, 4.69) is 5.32 Å². The monoisotopic (exact) mass is 231 g/mol. The summed E-state index contributed by atoms with van der Waals surface area (Å²) in [5.74, 6) is -0.953. The van der Waals surface area contributed by atoms with Gasteiger partial charge in [-0.15, -0.1) is 0 Å². The lowest BCUT2D eigenvalue weighted by molar-refractivity contribution is -0.147. The molecule has 0 aromatic rings. The van der Waals surface area contributed by atoms with Crippen molar-refractivity contribution in [3.05, 3.63) is 0 Å². The van der Waals surface area contributed by atoms with Crippen LogP contribution in [-0.4, -0.2) is 36.7 Å². The molecular formula is C11H21NO4. The molecule has 0 saturated carbocycles. The Balaban J connectivity index is 3.65.